The van der Waals surface area contributed by atoms with Gasteiger partial charge < -0.3 is 15.0 Å². The second-order valence-corrected chi connectivity index (χ2v) is 6.36. The lowest BCUT2D eigenvalue weighted by Gasteiger charge is -2.36. The molecular formula is C17H21N3O4. The SMILES string of the molecule is Cc1cccc(OCC(=O)N2CCC3(CC2)NC(=O)NC3=O)c1C. The number of carbonyl (C=O) groups is 3. The average Bonchev–Trinajstić information content (AvgIpc) is 2.82. The van der Waals surface area contributed by atoms with E-state index in [2.05, 4.69) is 10.6 Å². The summed E-state index contributed by atoms with van der Waals surface area (Å²) in [6, 6.07) is 5.28. The number of benzene rings is 1. The fourth-order valence-electron chi connectivity index (χ4n) is 3.13. The minimum atomic E-state index is -0.859. The van der Waals surface area contributed by atoms with E-state index < -0.39 is 11.6 Å². The zero-order chi connectivity index (χ0) is 17.3. The van der Waals surface area contributed by atoms with Crippen molar-refractivity contribution >= 4 is 17.8 Å². The molecule has 2 N–H and O–H groups in total. The second kappa shape index (κ2) is 6.14. The highest BCUT2D eigenvalue weighted by atomic mass is 16.5. The van der Waals surface area contributed by atoms with Crippen molar-refractivity contribution < 1.29 is 19.1 Å². The number of piperidine rings is 1. The van der Waals surface area contributed by atoms with Gasteiger partial charge in [0, 0.05) is 13.1 Å². The first-order valence-corrected chi connectivity index (χ1v) is 8.02. The molecule has 0 saturated carbocycles. The van der Waals surface area contributed by atoms with Crippen molar-refractivity contribution in [2.24, 2.45) is 0 Å². The van der Waals surface area contributed by atoms with Crippen LogP contribution in [-0.2, 0) is 9.59 Å². The van der Waals surface area contributed by atoms with E-state index in [0.717, 1.165) is 11.1 Å². The molecule has 128 valence electrons. The third-order valence-corrected chi connectivity index (χ3v) is 4.89. The van der Waals surface area contributed by atoms with Crippen molar-refractivity contribution in [3.8, 4) is 5.75 Å². The average molecular weight is 331 g/mol. The number of hydrogen-bond donors (Lipinski definition) is 2. The van der Waals surface area contributed by atoms with Gasteiger partial charge in [-0.1, -0.05) is 12.1 Å². The third-order valence-electron chi connectivity index (χ3n) is 4.89. The van der Waals surface area contributed by atoms with Gasteiger partial charge in [-0.3, -0.25) is 14.9 Å². The molecule has 3 rings (SSSR count). The summed E-state index contributed by atoms with van der Waals surface area (Å²) in [6.07, 6.45) is 0.833. The van der Waals surface area contributed by atoms with Crippen LogP contribution in [0.1, 0.15) is 24.0 Å². The van der Waals surface area contributed by atoms with Crippen LogP contribution in [0.3, 0.4) is 0 Å². The Labute approximate surface area is 140 Å². The van der Waals surface area contributed by atoms with Gasteiger partial charge in [0.05, 0.1) is 0 Å². The van der Waals surface area contributed by atoms with Gasteiger partial charge in [0.1, 0.15) is 11.3 Å². The summed E-state index contributed by atoms with van der Waals surface area (Å²) in [6.45, 7) is 4.76. The van der Waals surface area contributed by atoms with Gasteiger partial charge in [-0.25, -0.2) is 4.79 Å². The van der Waals surface area contributed by atoms with E-state index in [-0.39, 0.29) is 18.4 Å². The highest BCUT2D eigenvalue weighted by Gasteiger charge is 2.48. The van der Waals surface area contributed by atoms with Crippen molar-refractivity contribution in [3.05, 3.63) is 29.3 Å². The van der Waals surface area contributed by atoms with Crippen LogP contribution in [-0.4, -0.2) is 48.0 Å². The molecule has 0 unspecified atom stereocenters. The van der Waals surface area contributed by atoms with Gasteiger partial charge in [0.15, 0.2) is 6.61 Å². The van der Waals surface area contributed by atoms with Crippen LogP contribution in [0.15, 0.2) is 18.2 Å². The Balaban J connectivity index is 1.55. The molecule has 2 saturated heterocycles. The first kappa shape index (κ1) is 16.3. The van der Waals surface area contributed by atoms with Crippen molar-refractivity contribution in [1.82, 2.24) is 15.5 Å². The molecule has 0 atom stereocenters. The number of hydrogen-bond acceptors (Lipinski definition) is 4. The number of carbonyl (C=O) groups excluding carboxylic acids is 3. The van der Waals surface area contributed by atoms with Crippen LogP contribution >= 0.6 is 0 Å². The Morgan fingerprint density at radius 2 is 1.96 bits per heavy atom. The third kappa shape index (κ3) is 2.93. The molecule has 1 spiro atoms. The molecule has 0 bridgehead atoms. The van der Waals surface area contributed by atoms with E-state index in [4.69, 9.17) is 4.74 Å². The predicted octanol–water partition coefficient (Wildman–Crippen LogP) is 0.883. The molecule has 2 heterocycles. The number of nitrogens with zero attached hydrogens (tertiary/aromatic N) is 1. The van der Waals surface area contributed by atoms with Crippen LogP contribution < -0.4 is 15.4 Å². The van der Waals surface area contributed by atoms with Gasteiger partial charge in [0.2, 0.25) is 0 Å². The van der Waals surface area contributed by atoms with Gasteiger partial charge >= 0.3 is 6.03 Å². The Hall–Kier alpha value is -2.57. The largest absolute Gasteiger partial charge is 0.483 e. The lowest BCUT2D eigenvalue weighted by atomic mass is 9.88. The lowest BCUT2D eigenvalue weighted by Crippen LogP contribution is -2.56. The van der Waals surface area contributed by atoms with E-state index in [9.17, 15) is 14.4 Å². The Morgan fingerprint density at radius 1 is 1.25 bits per heavy atom. The van der Waals surface area contributed by atoms with Gasteiger partial charge in [-0.2, -0.15) is 0 Å². The molecule has 2 aliphatic rings. The van der Waals surface area contributed by atoms with E-state index in [0.29, 0.717) is 31.7 Å². The van der Waals surface area contributed by atoms with Crippen LogP contribution in [0.2, 0.25) is 0 Å². The van der Waals surface area contributed by atoms with Crippen LogP contribution in [0.5, 0.6) is 5.75 Å². The number of urea groups is 1. The van der Waals surface area contributed by atoms with Crippen LogP contribution in [0, 0.1) is 13.8 Å². The Kier molecular flexibility index (Phi) is 4.17. The Morgan fingerprint density at radius 3 is 2.58 bits per heavy atom. The second-order valence-electron chi connectivity index (χ2n) is 6.36. The molecule has 0 aliphatic carbocycles. The first-order chi connectivity index (χ1) is 11.4. The first-order valence-electron chi connectivity index (χ1n) is 8.02. The van der Waals surface area contributed by atoms with Crippen LogP contribution in [0.4, 0.5) is 4.79 Å². The lowest BCUT2D eigenvalue weighted by molar-refractivity contribution is -0.137. The minimum absolute atomic E-state index is 0.0319. The van der Waals surface area contributed by atoms with Crippen molar-refractivity contribution in [3.63, 3.8) is 0 Å². The maximum Gasteiger partial charge on any atom is 0.322 e. The zero-order valence-corrected chi connectivity index (χ0v) is 13.8. The number of ether oxygens (including phenoxy) is 1. The topological polar surface area (TPSA) is 87.7 Å². The molecule has 2 aliphatic heterocycles. The summed E-state index contributed by atoms with van der Waals surface area (Å²) >= 11 is 0. The monoisotopic (exact) mass is 331 g/mol. The summed E-state index contributed by atoms with van der Waals surface area (Å²) in [7, 11) is 0. The molecule has 4 amide bonds. The minimum Gasteiger partial charge on any atom is -0.483 e. The van der Waals surface area contributed by atoms with Crippen molar-refractivity contribution in [2.75, 3.05) is 19.7 Å². The molecule has 7 heteroatoms. The van der Waals surface area contributed by atoms with E-state index in [1.165, 1.54) is 0 Å². The summed E-state index contributed by atoms with van der Waals surface area (Å²) in [5.41, 5.74) is 1.28. The number of amides is 4. The fourth-order valence-corrected chi connectivity index (χ4v) is 3.13. The number of imide groups is 1. The van der Waals surface area contributed by atoms with E-state index in [1.807, 2.05) is 32.0 Å². The van der Waals surface area contributed by atoms with Crippen molar-refractivity contribution in [1.29, 1.82) is 0 Å². The quantitative estimate of drug-likeness (QED) is 0.805. The number of rotatable bonds is 3. The molecule has 0 aromatic heterocycles. The highest BCUT2D eigenvalue weighted by Crippen LogP contribution is 2.26. The summed E-state index contributed by atoms with van der Waals surface area (Å²) in [5, 5.41) is 4.94. The summed E-state index contributed by atoms with van der Waals surface area (Å²) < 4.78 is 5.65. The highest BCUT2D eigenvalue weighted by molar-refractivity contribution is 6.07. The smallest absolute Gasteiger partial charge is 0.322 e. The molecular weight excluding hydrogens is 310 g/mol. The van der Waals surface area contributed by atoms with Gasteiger partial charge in [-0.05, 0) is 43.9 Å². The van der Waals surface area contributed by atoms with E-state index in [1.54, 1.807) is 4.90 Å². The molecule has 24 heavy (non-hydrogen) atoms. The van der Waals surface area contributed by atoms with E-state index >= 15 is 0 Å². The summed E-state index contributed by atoms with van der Waals surface area (Å²) in [4.78, 5) is 37.2. The standard InChI is InChI=1S/C17H21N3O4/c1-11-4-3-5-13(12(11)2)24-10-14(21)20-8-6-17(7-9-20)15(22)18-16(23)19-17/h3-5H,6-10H2,1-2H3,(H2,18,19,22,23). The van der Waals surface area contributed by atoms with Gasteiger partial charge in [0.25, 0.3) is 11.8 Å². The number of aryl methyl sites for hydroxylation is 1. The maximum atomic E-state index is 12.3. The molecule has 7 nitrogen and oxygen atoms in total. The fraction of sp³-hybridized carbons (Fsp3) is 0.471. The number of nitrogens with one attached hydrogen (secondary N) is 2. The van der Waals surface area contributed by atoms with Crippen LogP contribution in [0.25, 0.3) is 0 Å². The van der Waals surface area contributed by atoms with Crippen molar-refractivity contribution in [2.45, 2.75) is 32.2 Å². The zero-order valence-electron chi connectivity index (χ0n) is 13.8. The van der Waals surface area contributed by atoms with Gasteiger partial charge in [-0.15, -0.1) is 0 Å². The molecule has 2 fully saturated rings. The maximum absolute atomic E-state index is 12.3. The molecule has 0 radical (unpaired) electrons. The summed E-state index contributed by atoms with van der Waals surface area (Å²) in [5.74, 6) is 0.293. The molecule has 1 aromatic rings. The number of likely N-dealkylation sites (tertiary alicyclic amines) is 1. The normalized spacial score (nSPS) is 19.2. The predicted molar refractivity (Wildman–Crippen MR) is 86.6 cm³/mol. The Bertz CT molecular complexity index is 693. The molecule has 1 aromatic carbocycles.